The lowest BCUT2D eigenvalue weighted by molar-refractivity contribution is -0.116. The van der Waals surface area contributed by atoms with Gasteiger partial charge in [-0.1, -0.05) is 29.8 Å². The van der Waals surface area contributed by atoms with Gasteiger partial charge in [-0.15, -0.1) is 0 Å². The monoisotopic (exact) mass is 425 g/mol. The molecule has 4 rings (SSSR count). The van der Waals surface area contributed by atoms with Crippen molar-refractivity contribution < 1.29 is 9.53 Å². The van der Waals surface area contributed by atoms with Gasteiger partial charge in [0.2, 0.25) is 5.91 Å². The number of thioether (sulfide) groups is 1. The minimum atomic E-state index is 0.0787. The number of rotatable bonds is 6. The van der Waals surface area contributed by atoms with Crippen LogP contribution in [-0.2, 0) is 9.53 Å². The Bertz CT molecular complexity index is 819. The molecule has 0 radical (unpaired) electrons. The van der Waals surface area contributed by atoms with E-state index in [-0.39, 0.29) is 5.91 Å². The van der Waals surface area contributed by atoms with Gasteiger partial charge in [-0.25, -0.2) is 0 Å². The number of anilines is 2. The summed E-state index contributed by atoms with van der Waals surface area (Å²) in [5.74, 6) is 2.30. The highest BCUT2D eigenvalue weighted by Gasteiger charge is 2.24. The van der Waals surface area contributed by atoms with Gasteiger partial charge in [-0.2, -0.15) is 11.8 Å². The van der Waals surface area contributed by atoms with E-state index < -0.39 is 0 Å². The van der Waals surface area contributed by atoms with Crippen molar-refractivity contribution in [2.24, 2.45) is 0 Å². The topological polar surface area (TPSA) is 44.8 Å². The SMILES string of the molecule is Cc1ccc(C2CSCCN2CCC(=O)Nc2ccc(N3CCOCC3)cc2)cc1. The van der Waals surface area contributed by atoms with Crippen molar-refractivity contribution in [3.63, 3.8) is 0 Å². The molecule has 2 aliphatic rings. The second-order valence-corrected chi connectivity index (χ2v) is 9.13. The highest BCUT2D eigenvalue weighted by Crippen LogP contribution is 2.30. The van der Waals surface area contributed by atoms with Gasteiger partial charge in [-0.3, -0.25) is 9.69 Å². The van der Waals surface area contributed by atoms with Crippen LogP contribution < -0.4 is 10.2 Å². The molecule has 2 heterocycles. The number of ether oxygens (including phenoxy) is 1. The average molecular weight is 426 g/mol. The van der Waals surface area contributed by atoms with Crippen LogP contribution in [0.5, 0.6) is 0 Å². The molecule has 30 heavy (non-hydrogen) atoms. The second kappa shape index (κ2) is 10.3. The summed E-state index contributed by atoms with van der Waals surface area (Å²) in [4.78, 5) is 17.3. The summed E-state index contributed by atoms with van der Waals surface area (Å²) in [6.45, 7) is 7.33. The highest BCUT2D eigenvalue weighted by molar-refractivity contribution is 7.99. The lowest BCUT2D eigenvalue weighted by Crippen LogP contribution is -2.38. The largest absolute Gasteiger partial charge is 0.378 e. The molecule has 0 spiro atoms. The quantitative estimate of drug-likeness (QED) is 0.759. The Labute approximate surface area is 183 Å². The Balaban J connectivity index is 1.29. The summed E-state index contributed by atoms with van der Waals surface area (Å²) < 4.78 is 5.41. The van der Waals surface area contributed by atoms with E-state index in [2.05, 4.69) is 58.4 Å². The Morgan fingerprint density at radius 1 is 1.07 bits per heavy atom. The summed E-state index contributed by atoms with van der Waals surface area (Å²) in [5.41, 5.74) is 4.68. The first-order chi connectivity index (χ1) is 14.7. The van der Waals surface area contributed by atoms with Gasteiger partial charge >= 0.3 is 0 Å². The van der Waals surface area contributed by atoms with Gasteiger partial charge in [0.25, 0.3) is 0 Å². The number of nitrogens with zero attached hydrogens (tertiary/aromatic N) is 2. The van der Waals surface area contributed by atoms with E-state index in [0.717, 1.165) is 56.6 Å². The van der Waals surface area contributed by atoms with Crippen molar-refractivity contribution in [3.8, 4) is 0 Å². The first kappa shape index (κ1) is 21.2. The standard InChI is InChI=1S/C24H31N3O2S/c1-19-2-4-20(5-3-19)23-18-30-17-14-27(23)11-10-24(28)25-21-6-8-22(9-7-21)26-12-15-29-16-13-26/h2-9,23H,10-18H2,1H3,(H,25,28). The molecule has 1 N–H and O–H groups in total. The zero-order chi connectivity index (χ0) is 20.8. The highest BCUT2D eigenvalue weighted by atomic mass is 32.2. The van der Waals surface area contributed by atoms with E-state index in [0.29, 0.717) is 12.5 Å². The van der Waals surface area contributed by atoms with E-state index in [4.69, 9.17) is 4.74 Å². The molecule has 1 amide bonds. The molecule has 1 unspecified atom stereocenters. The molecule has 0 aliphatic carbocycles. The summed E-state index contributed by atoms with van der Waals surface area (Å²) in [7, 11) is 0. The van der Waals surface area contributed by atoms with Crippen LogP contribution in [0.15, 0.2) is 48.5 Å². The molecule has 5 nitrogen and oxygen atoms in total. The summed E-state index contributed by atoms with van der Waals surface area (Å²) in [5, 5.41) is 3.06. The number of morpholine rings is 1. The van der Waals surface area contributed by atoms with Crippen LogP contribution in [-0.4, -0.2) is 61.7 Å². The Morgan fingerprint density at radius 2 is 1.80 bits per heavy atom. The molecule has 2 aliphatic heterocycles. The second-order valence-electron chi connectivity index (χ2n) is 7.98. The van der Waals surface area contributed by atoms with E-state index in [1.165, 1.54) is 16.8 Å². The molecule has 0 bridgehead atoms. The summed E-state index contributed by atoms with van der Waals surface area (Å²) in [6.07, 6.45) is 0.512. The van der Waals surface area contributed by atoms with E-state index >= 15 is 0 Å². The van der Waals surface area contributed by atoms with Gasteiger partial charge in [-0.05, 0) is 36.8 Å². The fourth-order valence-corrected chi connectivity index (χ4v) is 5.20. The number of nitrogens with one attached hydrogen (secondary N) is 1. The Kier molecular flexibility index (Phi) is 7.31. The third-order valence-corrected chi connectivity index (χ3v) is 6.88. The fraction of sp³-hybridized carbons (Fsp3) is 0.458. The predicted octanol–water partition coefficient (Wildman–Crippen LogP) is 3.95. The van der Waals surface area contributed by atoms with Crippen molar-refractivity contribution >= 4 is 29.0 Å². The molecule has 2 fully saturated rings. The molecule has 160 valence electrons. The molecule has 6 heteroatoms. The van der Waals surface area contributed by atoms with Crippen molar-refractivity contribution in [3.05, 3.63) is 59.7 Å². The number of amides is 1. The van der Waals surface area contributed by atoms with Crippen molar-refractivity contribution in [1.82, 2.24) is 4.90 Å². The number of carbonyl (C=O) groups excluding carboxylic acids is 1. The zero-order valence-electron chi connectivity index (χ0n) is 17.7. The minimum Gasteiger partial charge on any atom is -0.378 e. The maximum atomic E-state index is 12.6. The number of hydrogen-bond acceptors (Lipinski definition) is 5. The molecule has 2 aromatic carbocycles. The van der Waals surface area contributed by atoms with E-state index in [1.54, 1.807) is 0 Å². The molecule has 0 saturated carbocycles. The maximum Gasteiger partial charge on any atom is 0.225 e. The number of aryl methyl sites for hydroxylation is 1. The molecule has 0 aromatic heterocycles. The number of hydrogen-bond donors (Lipinski definition) is 1. The van der Waals surface area contributed by atoms with Gasteiger partial charge < -0.3 is 15.0 Å². The van der Waals surface area contributed by atoms with Crippen molar-refractivity contribution in [1.29, 1.82) is 0 Å². The molecular formula is C24H31N3O2S. The third-order valence-electron chi connectivity index (χ3n) is 5.85. The smallest absolute Gasteiger partial charge is 0.225 e. The Morgan fingerprint density at radius 3 is 2.53 bits per heavy atom. The van der Waals surface area contributed by atoms with Crippen LogP contribution in [0.2, 0.25) is 0 Å². The molecule has 2 saturated heterocycles. The zero-order valence-corrected chi connectivity index (χ0v) is 18.5. The first-order valence-corrected chi connectivity index (χ1v) is 12.0. The minimum absolute atomic E-state index is 0.0787. The van der Waals surface area contributed by atoms with E-state index in [1.807, 2.05) is 23.9 Å². The fourth-order valence-electron chi connectivity index (χ4n) is 4.05. The van der Waals surface area contributed by atoms with Gasteiger partial charge in [0.1, 0.15) is 0 Å². The lowest BCUT2D eigenvalue weighted by Gasteiger charge is -2.35. The number of carbonyl (C=O) groups is 1. The normalized spacial score (nSPS) is 20.2. The van der Waals surface area contributed by atoms with Gasteiger partial charge in [0.15, 0.2) is 0 Å². The first-order valence-electron chi connectivity index (χ1n) is 10.8. The van der Waals surface area contributed by atoms with Crippen LogP contribution in [0.1, 0.15) is 23.6 Å². The van der Waals surface area contributed by atoms with Crippen LogP contribution in [0.25, 0.3) is 0 Å². The maximum absolute atomic E-state index is 12.6. The van der Waals surface area contributed by atoms with Crippen LogP contribution >= 0.6 is 11.8 Å². The van der Waals surface area contributed by atoms with Crippen molar-refractivity contribution in [2.75, 3.05) is 61.1 Å². The van der Waals surface area contributed by atoms with Crippen molar-refractivity contribution in [2.45, 2.75) is 19.4 Å². The Hall–Kier alpha value is -2.02. The van der Waals surface area contributed by atoms with Crippen LogP contribution in [0.3, 0.4) is 0 Å². The van der Waals surface area contributed by atoms with E-state index in [9.17, 15) is 4.79 Å². The van der Waals surface area contributed by atoms with Crippen LogP contribution in [0.4, 0.5) is 11.4 Å². The predicted molar refractivity (Wildman–Crippen MR) is 126 cm³/mol. The molecule has 2 aromatic rings. The lowest BCUT2D eigenvalue weighted by atomic mass is 10.0. The summed E-state index contributed by atoms with van der Waals surface area (Å²) in [6, 6.07) is 17.4. The number of benzene rings is 2. The van der Waals surface area contributed by atoms with Gasteiger partial charge in [0.05, 0.1) is 13.2 Å². The third kappa shape index (κ3) is 5.56. The van der Waals surface area contributed by atoms with Crippen LogP contribution in [0, 0.1) is 6.92 Å². The average Bonchev–Trinajstić information content (AvgIpc) is 2.80. The van der Waals surface area contributed by atoms with Gasteiger partial charge in [0, 0.05) is 61.5 Å². The molecule has 1 atom stereocenters. The molecular weight excluding hydrogens is 394 g/mol. The summed E-state index contributed by atoms with van der Waals surface area (Å²) >= 11 is 2.00.